The SMILES string of the molecule is CCOC(=O)c1c(-c2ccc(OCc3ccccc3)cc2)c(C#N)c(I)n1C. The van der Waals surface area contributed by atoms with Crippen molar-refractivity contribution >= 4 is 28.6 Å². The Hall–Kier alpha value is -2.79. The van der Waals surface area contributed by atoms with Crippen molar-refractivity contribution in [2.24, 2.45) is 7.05 Å². The van der Waals surface area contributed by atoms with E-state index in [1.54, 1.807) is 18.5 Å². The first-order chi connectivity index (χ1) is 13.6. The summed E-state index contributed by atoms with van der Waals surface area (Å²) in [5.41, 5.74) is 3.28. The Kier molecular flexibility index (Phi) is 6.37. The maximum atomic E-state index is 12.5. The summed E-state index contributed by atoms with van der Waals surface area (Å²) < 4.78 is 13.4. The summed E-state index contributed by atoms with van der Waals surface area (Å²) >= 11 is 2.07. The van der Waals surface area contributed by atoms with Gasteiger partial charge < -0.3 is 14.0 Å². The Morgan fingerprint density at radius 1 is 1.14 bits per heavy atom. The third-order valence-corrected chi connectivity index (χ3v) is 5.56. The Labute approximate surface area is 177 Å². The molecule has 0 spiro atoms. The van der Waals surface area contributed by atoms with E-state index in [-0.39, 0.29) is 6.61 Å². The average molecular weight is 486 g/mol. The lowest BCUT2D eigenvalue weighted by Crippen LogP contribution is -2.11. The van der Waals surface area contributed by atoms with E-state index in [1.807, 2.05) is 54.6 Å². The highest BCUT2D eigenvalue weighted by atomic mass is 127. The Morgan fingerprint density at radius 3 is 2.43 bits per heavy atom. The van der Waals surface area contributed by atoms with Crippen LogP contribution in [0.2, 0.25) is 0 Å². The molecule has 6 heteroatoms. The summed E-state index contributed by atoms with van der Waals surface area (Å²) in [6, 6.07) is 19.5. The van der Waals surface area contributed by atoms with Gasteiger partial charge in [-0.3, -0.25) is 0 Å². The number of nitrogens with zero attached hydrogens (tertiary/aromatic N) is 2. The molecule has 0 radical (unpaired) electrons. The minimum atomic E-state index is -0.441. The fraction of sp³-hybridized carbons (Fsp3) is 0.182. The molecule has 142 valence electrons. The maximum absolute atomic E-state index is 12.5. The third-order valence-electron chi connectivity index (χ3n) is 4.29. The first-order valence-electron chi connectivity index (χ1n) is 8.79. The molecule has 1 aromatic heterocycles. The molecule has 0 atom stereocenters. The Morgan fingerprint density at radius 2 is 1.82 bits per heavy atom. The number of carbonyl (C=O) groups is 1. The largest absolute Gasteiger partial charge is 0.489 e. The molecular formula is C22H19IN2O3. The first kappa shape index (κ1) is 20.0. The minimum Gasteiger partial charge on any atom is -0.489 e. The van der Waals surface area contributed by atoms with Crippen LogP contribution in [0.15, 0.2) is 54.6 Å². The number of nitriles is 1. The molecule has 0 saturated heterocycles. The van der Waals surface area contributed by atoms with Crippen molar-refractivity contribution in [2.75, 3.05) is 6.61 Å². The van der Waals surface area contributed by atoms with Crippen molar-refractivity contribution in [1.82, 2.24) is 4.57 Å². The number of esters is 1. The Bertz CT molecular complexity index is 1020. The van der Waals surface area contributed by atoms with Crippen LogP contribution in [-0.2, 0) is 18.4 Å². The molecule has 2 aromatic carbocycles. The van der Waals surface area contributed by atoms with Crippen LogP contribution in [0, 0.1) is 15.0 Å². The van der Waals surface area contributed by atoms with E-state index in [0.717, 1.165) is 16.9 Å². The number of hydrogen-bond donors (Lipinski definition) is 0. The second kappa shape index (κ2) is 8.93. The topological polar surface area (TPSA) is 64.2 Å². The zero-order valence-corrected chi connectivity index (χ0v) is 17.8. The molecule has 3 rings (SSSR count). The van der Waals surface area contributed by atoms with E-state index in [0.29, 0.717) is 27.1 Å². The molecule has 0 unspecified atom stereocenters. The molecule has 0 amide bonds. The van der Waals surface area contributed by atoms with E-state index < -0.39 is 5.97 Å². The van der Waals surface area contributed by atoms with Gasteiger partial charge in [0.25, 0.3) is 0 Å². The Balaban J connectivity index is 1.92. The molecule has 0 fully saturated rings. The maximum Gasteiger partial charge on any atom is 0.355 e. The molecule has 0 bridgehead atoms. The summed E-state index contributed by atoms with van der Waals surface area (Å²) in [6.07, 6.45) is 0. The van der Waals surface area contributed by atoms with Gasteiger partial charge in [-0.1, -0.05) is 42.5 Å². The molecule has 28 heavy (non-hydrogen) atoms. The van der Waals surface area contributed by atoms with Crippen LogP contribution in [0.3, 0.4) is 0 Å². The lowest BCUT2D eigenvalue weighted by Gasteiger charge is -2.09. The molecule has 0 aliphatic carbocycles. The third kappa shape index (κ3) is 4.04. The monoisotopic (exact) mass is 486 g/mol. The second-order valence-corrected chi connectivity index (χ2v) is 7.10. The fourth-order valence-electron chi connectivity index (χ4n) is 2.94. The van der Waals surface area contributed by atoms with Gasteiger partial charge in [-0.25, -0.2) is 4.79 Å². The number of hydrogen-bond acceptors (Lipinski definition) is 4. The van der Waals surface area contributed by atoms with Gasteiger partial charge >= 0.3 is 5.97 Å². The van der Waals surface area contributed by atoms with Gasteiger partial charge in [0, 0.05) is 12.6 Å². The summed E-state index contributed by atoms with van der Waals surface area (Å²) in [5.74, 6) is 0.276. The predicted molar refractivity (Wildman–Crippen MR) is 115 cm³/mol. The summed E-state index contributed by atoms with van der Waals surface area (Å²) in [4.78, 5) is 12.5. The van der Waals surface area contributed by atoms with Crippen LogP contribution >= 0.6 is 22.6 Å². The molecule has 0 saturated carbocycles. The summed E-state index contributed by atoms with van der Waals surface area (Å²) in [7, 11) is 1.76. The molecule has 0 aliphatic heterocycles. The highest BCUT2D eigenvalue weighted by molar-refractivity contribution is 14.1. The van der Waals surface area contributed by atoms with E-state index in [9.17, 15) is 10.1 Å². The average Bonchev–Trinajstić information content (AvgIpc) is 2.98. The molecule has 0 aliphatic rings. The number of rotatable bonds is 6. The first-order valence-corrected chi connectivity index (χ1v) is 9.87. The standard InChI is InChI=1S/C22H19IN2O3/c1-3-27-22(26)20-19(18(13-24)21(23)25(20)2)16-9-11-17(12-10-16)28-14-15-7-5-4-6-8-15/h4-12H,3,14H2,1-2H3. The summed E-state index contributed by atoms with van der Waals surface area (Å²) in [6.45, 7) is 2.50. The zero-order valence-electron chi connectivity index (χ0n) is 15.6. The van der Waals surface area contributed by atoms with Crippen LogP contribution in [0.25, 0.3) is 11.1 Å². The van der Waals surface area contributed by atoms with E-state index >= 15 is 0 Å². The van der Waals surface area contributed by atoms with Gasteiger partial charge in [-0.05, 0) is 52.8 Å². The van der Waals surface area contributed by atoms with Crippen LogP contribution in [0.4, 0.5) is 0 Å². The van der Waals surface area contributed by atoms with Crippen molar-refractivity contribution < 1.29 is 14.3 Å². The van der Waals surface area contributed by atoms with Gasteiger partial charge in [0.15, 0.2) is 0 Å². The number of halogens is 1. The number of aromatic nitrogens is 1. The lowest BCUT2D eigenvalue weighted by atomic mass is 10.0. The van der Waals surface area contributed by atoms with Crippen LogP contribution < -0.4 is 4.74 Å². The number of ether oxygens (including phenoxy) is 2. The fourth-order valence-corrected chi connectivity index (χ4v) is 3.57. The number of benzene rings is 2. The van der Waals surface area contributed by atoms with Crippen molar-refractivity contribution in [3.05, 3.63) is 75.1 Å². The normalized spacial score (nSPS) is 10.4. The lowest BCUT2D eigenvalue weighted by molar-refractivity contribution is 0.0516. The van der Waals surface area contributed by atoms with Crippen LogP contribution in [-0.4, -0.2) is 17.1 Å². The highest BCUT2D eigenvalue weighted by Gasteiger charge is 2.26. The molecule has 1 heterocycles. The highest BCUT2D eigenvalue weighted by Crippen LogP contribution is 2.34. The molecule has 5 nitrogen and oxygen atoms in total. The number of carbonyl (C=O) groups excluding carboxylic acids is 1. The van der Waals surface area contributed by atoms with Gasteiger partial charge in [-0.2, -0.15) is 5.26 Å². The van der Waals surface area contributed by atoms with Crippen molar-refractivity contribution in [1.29, 1.82) is 5.26 Å². The smallest absolute Gasteiger partial charge is 0.355 e. The van der Waals surface area contributed by atoms with E-state index in [4.69, 9.17) is 9.47 Å². The molecular weight excluding hydrogens is 467 g/mol. The minimum absolute atomic E-state index is 0.272. The van der Waals surface area contributed by atoms with Crippen LogP contribution in [0.5, 0.6) is 5.75 Å². The van der Waals surface area contributed by atoms with E-state index in [2.05, 4.69) is 28.7 Å². The second-order valence-electron chi connectivity index (χ2n) is 6.08. The summed E-state index contributed by atoms with van der Waals surface area (Å²) in [5, 5.41) is 9.63. The quantitative estimate of drug-likeness (QED) is 0.367. The van der Waals surface area contributed by atoms with Gasteiger partial charge in [0.05, 0.1) is 15.9 Å². The molecule has 3 aromatic rings. The van der Waals surface area contributed by atoms with E-state index in [1.165, 1.54) is 0 Å². The van der Waals surface area contributed by atoms with Gasteiger partial charge in [-0.15, -0.1) is 0 Å². The predicted octanol–water partition coefficient (Wildman–Crippen LogP) is 4.92. The van der Waals surface area contributed by atoms with Gasteiger partial charge in [0.2, 0.25) is 0 Å². The zero-order chi connectivity index (χ0) is 20.1. The van der Waals surface area contributed by atoms with Gasteiger partial charge in [0.1, 0.15) is 24.1 Å². The van der Waals surface area contributed by atoms with Crippen molar-refractivity contribution in [3.63, 3.8) is 0 Å². The van der Waals surface area contributed by atoms with Crippen molar-refractivity contribution in [2.45, 2.75) is 13.5 Å². The van der Waals surface area contributed by atoms with Crippen molar-refractivity contribution in [3.8, 4) is 22.9 Å². The van der Waals surface area contributed by atoms with Crippen LogP contribution in [0.1, 0.15) is 28.5 Å². The molecule has 0 N–H and O–H groups in total.